The van der Waals surface area contributed by atoms with Crippen molar-refractivity contribution in [2.75, 3.05) is 56.6 Å². The molecule has 1 atom stereocenters. The molecule has 2 aromatic carbocycles. The molecule has 190 valence electrons. The van der Waals surface area contributed by atoms with Crippen LogP contribution in [0.2, 0.25) is 5.02 Å². The van der Waals surface area contributed by atoms with Crippen LogP contribution in [-0.4, -0.2) is 74.3 Å². The van der Waals surface area contributed by atoms with Crippen LogP contribution in [0.5, 0.6) is 5.75 Å². The third-order valence-corrected chi connectivity index (χ3v) is 6.61. The van der Waals surface area contributed by atoms with Gasteiger partial charge in [-0.1, -0.05) is 17.7 Å². The molecule has 2 heterocycles. The molecular weight excluding hydrogens is 481 g/mol. The Bertz CT molecular complexity index is 1240. The van der Waals surface area contributed by atoms with Gasteiger partial charge < -0.3 is 25.1 Å². The molecule has 7 nitrogen and oxygen atoms in total. The molecule has 1 aromatic heterocycles. The minimum atomic E-state index is -0.479. The van der Waals surface area contributed by atoms with Crippen molar-refractivity contribution in [1.29, 1.82) is 0 Å². The summed E-state index contributed by atoms with van der Waals surface area (Å²) in [5.74, 6) is 0.253. The molecule has 9 heteroatoms. The van der Waals surface area contributed by atoms with Gasteiger partial charge in [0, 0.05) is 56.1 Å². The molecule has 1 aliphatic rings. The summed E-state index contributed by atoms with van der Waals surface area (Å²) in [6, 6.07) is 11.7. The van der Waals surface area contributed by atoms with Crippen molar-refractivity contribution in [1.82, 2.24) is 15.2 Å². The summed E-state index contributed by atoms with van der Waals surface area (Å²) in [6.45, 7) is 5.75. The number of pyridine rings is 1. The first-order chi connectivity index (χ1) is 17.3. The van der Waals surface area contributed by atoms with Crippen molar-refractivity contribution in [3.63, 3.8) is 0 Å². The maximum atomic E-state index is 14.8. The van der Waals surface area contributed by atoms with Crippen LogP contribution in [0, 0.1) is 5.82 Å². The first-order valence-electron chi connectivity index (χ1n) is 11.9. The van der Waals surface area contributed by atoms with Gasteiger partial charge in [-0.2, -0.15) is 0 Å². The van der Waals surface area contributed by atoms with Crippen molar-refractivity contribution in [2.45, 2.75) is 13.0 Å². The minimum absolute atomic E-state index is 0.0501. The van der Waals surface area contributed by atoms with Gasteiger partial charge in [-0.3, -0.25) is 4.79 Å². The highest BCUT2D eigenvalue weighted by molar-refractivity contribution is 6.34. The van der Waals surface area contributed by atoms with Gasteiger partial charge in [0.1, 0.15) is 17.4 Å². The van der Waals surface area contributed by atoms with E-state index in [9.17, 15) is 14.3 Å². The van der Waals surface area contributed by atoms with Crippen molar-refractivity contribution in [2.24, 2.45) is 0 Å². The summed E-state index contributed by atoms with van der Waals surface area (Å²) < 4.78 is 14.8. The van der Waals surface area contributed by atoms with Crippen LogP contribution in [0.15, 0.2) is 48.7 Å². The zero-order valence-corrected chi connectivity index (χ0v) is 21.5. The SMILES string of the molecule is C[C@@H]1CN(c2cc(-c3cc(F)cc(-c4ccc(N(C=O)CCN(C)C)c(Cl)c4)c3O)ccn2)CCN1. The lowest BCUT2D eigenvalue weighted by atomic mass is 9.97. The summed E-state index contributed by atoms with van der Waals surface area (Å²) in [6.07, 6.45) is 2.41. The topological polar surface area (TPSA) is 71.9 Å². The number of rotatable bonds is 8. The first kappa shape index (κ1) is 25.9. The van der Waals surface area contributed by atoms with E-state index in [1.165, 1.54) is 17.0 Å². The third-order valence-electron chi connectivity index (χ3n) is 6.31. The Hall–Kier alpha value is -3.20. The summed E-state index contributed by atoms with van der Waals surface area (Å²) in [7, 11) is 3.85. The van der Waals surface area contributed by atoms with Crippen molar-refractivity contribution in [3.8, 4) is 28.0 Å². The molecule has 0 spiro atoms. The van der Waals surface area contributed by atoms with E-state index in [1.54, 1.807) is 30.5 Å². The number of nitrogens with one attached hydrogen (secondary N) is 1. The van der Waals surface area contributed by atoms with Crippen LogP contribution < -0.4 is 15.1 Å². The lowest BCUT2D eigenvalue weighted by Gasteiger charge is -2.32. The van der Waals surface area contributed by atoms with Crippen molar-refractivity contribution in [3.05, 3.63) is 59.5 Å². The largest absolute Gasteiger partial charge is 0.507 e. The van der Waals surface area contributed by atoms with Crippen molar-refractivity contribution >= 4 is 29.5 Å². The fourth-order valence-electron chi connectivity index (χ4n) is 4.38. The lowest BCUT2D eigenvalue weighted by Crippen LogP contribution is -2.49. The van der Waals surface area contributed by atoms with E-state index in [-0.39, 0.29) is 5.75 Å². The summed E-state index contributed by atoms with van der Waals surface area (Å²) in [4.78, 5) is 21.8. The maximum Gasteiger partial charge on any atom is 0.214 e. The normalized spacial score (nSPS) is 15.8. The van der Waals surface area contributed by atoms with E-state index in [0.717, 1.165) is 31.9 Å². The van der Waals surface area contributed by atoms with E-state index in [2.05, 4.69) is 22.1 Å². The molecule has 4 rings (SSSR count). The monoisotopic (exact) mass is 511 g/mol. The molecule has 0 bridgehead atoms. The van der Waals surface area contributed by atoms with E-state index in [4.69, 9.17) is 11.6 Å². The third kappa shape index (κ3) is 5.78. The Morgan fingerprint density at radius 1 is 1.17 bits per heavy atom. The molecule has 36 heavy (non-hydrogen) atoms. The maximum absolute atomic E-state index is 14.8. The van der Waals surface area contributed by atoms with Crippen LogP contribution >= 0.6 is 11.6 Å². The fourth-order valence-corrected chi connectivity index (χ4v) is 4.67. The van der Waals surface area contributed by atoms with E-state index in [0.29, 0.717) is 52.1 Å². The van der Waals surface area contributed by atoms with Crippen LogP contribution in [0.4, 0.5) is 15.9 Å². The average Bonchev–Trinajstić information content (AvgIpc) is 2.86. The molecule has 1 fully saturated rings. The van der Waals surface area contributed by atoms with Gasteiger partial charge in [0.15, 0.2) is 0 Å². The zero-order valence-electron chi connectivity index (χ0n) is 20.7. The minimum Gasteiger partial charge on any atom is -0.507 e. The Morgan fingerprint density at radius 2 is 1.89 bits per heavy atom. The number of phenolic OH excluding ortho intramolecular Hbond substituents is 1. The number of halogens is 2. The van der Waals surface area contributed by atoms with Gasteiger partial charge >= 0.3 is 0 Å². The van der Waals surface area contributed by atoms with Gasteiger partial charge in [-0.05, 0) is 68.5 Å². The van der Waals surface area contributed by atoms with Crippen LogP contribution in [0.3, 0.4) is 0 Å². The number of amides is 1. The second-order valence-electron chi connectivity index (χ2n) is 9.32. The number of anilines is 2. The Morgan fingerprint density at radius 3 is 2.53 bits per heavy atom. The fraction of sp³-hybridized carbons (Fsp3) is 0.333. The van der Waals surface area contributed by atoms with Crippen LogP contribution in [0.25, 0.3) is 22.3 Å². The van der Waals surface area contributed by atoms with Crippen molar-refractivity contribution < 1.29 is 14.3 Å². The predicted molar refractivity (Wildman–Crippen MR) is 143 cm³/mol. The highest BCUT2D eigenvalue weighted by Gasteiger charge is 2.20. The quantitative estimate of drug-likeness (QED) is 0.441. The number of hydrogen-bond donors (Lipinski definition) is 2. The number of carbonyl (C=O) groups excluding carboxylic acids is 1. The summed E-state index contributed by atoms with van der Waals surface area (Å²) >= 11 is 6.53. The van der Waals surface area contributed by atoms with Gasteiger partial charge in [0.25, 0.3) is 0 Å². The van der Waals surface area contributed by atoms with Gasteiger partial charge in [-0.25, -0.2) is 9.37 Å². The Labute approximate surface area is 216 Å². The molecule has 0 unspecified atom stereocenters. The molecule has 1 saturated heterocycles. The highest BCUT2D eigenvalue weighted by Crippen LogP contribution is 2.41. The number of hydrogen-bond acceptors (Lipinski definition) is 6. The van der Waals surface area contributed by atoms with Gasteiger partial charge in [-0.15, -0.1) is 0 Å². The number of benzene rings is 2. The smallest absolute Gasteiger partial charge is 0.214 e. The Balaban J connectivity index is 1.68. The number of aromatic nitrogens is 1. The molecule has 3 aromatic rings. The summed E-state index contributed by atoms with van der Waals surface area (Å²) in [5, 5.41) is 14.9. The van der Waals surface area contributed by atoms with E-state index >= 15 is 0 Å². The summed E-state index contributed by atoms with van der Waals surface area (Å²) in [5.41, 5.74) is 2.46. The molecule has 0 saturated carbocycles. The molecule has 1 aliphatic heterocycles. The van der Waals surface area contributed by atoms with E-state index in [1.807, 2.05) is 25.1 Å². The second-order valence-corrected chi connectivity index (χ2v) is 9.73. The zero-order chi connectivity index (χ0) is 25.8. The number of aromatic hydroxyl groups is 1. The number of likely N-dealkylation sites (N-methyl/N-ethyl adjacent to an activating group) is 1. The highest BCUT2D eigenvalue weighted by atomic mass is 35.5. The molecule has 0 radical (unpaired) electrons. The number of piperazine rings is 1. The van der Waals surface area contributed by atoms with Gasteiger partial charge in [0.2, 0.25) is 6.41 Å². The molecule has 0 aliphatic carbocycles. The molecule has 2 N–H and O–H groups in total. The lowest BCUT2D eigenvalue weighted by molar-refractivity contribution is -0.107. The standard InChI is InChI=1S/C27H31ClFN5O2/c1-18-16-33(9-8-30-18)26-13-20(6-7-31-26)23-15-21(29)14-22(27(23)36)19-4-5-25(24(28)12-19)34(17-35)11-10-32(2)3/h4-7,12-15,17-18,30,36H,8-11,16H2,1-3H3/t18-/m1/s1. The average molecular weight is 512 g/mol. The van der Waals surface area contributed by atoms with Crippen LogP contribution in [0.1, 0.15) is 6.92 Å². The first-order valence-corrected chi connectivity index (χ1v) is 12.3. The second kappa shape index (κ2) is 11.2. The van der Waals surface area contributed by atoms with Gasteiger partial charge in [0.05, 0.1) is 10.7 Å². The Kier molecular flexibility index (Phi) is 8.08. The number of carbonyl (C=O) groups is 1. The number of phenols is 1. The molecular formula is C27H31ClFN5O2. The number of nitrogens with zero attached hydrogens (tertiary/aromatic N) is 4. The van der Waals surface area contributed by atoms with Crippen LogP contribution in [-0.2, 0) is 4.79 Å². The van der Waals surface area contributed by atoms with E-state index < -0.39 is 5.82 Å². The molecule has 1 amide bonds. The predicted octanol–water partition coefficient (Wildman–Crippen LogP) is 4.24.